The third-order valence-corrected chi connectivity index (χ3v) is 3.15. The number of carbonyl (C=O) groups excluding carboxylic acids is 1. The summed E-state index contributed by atoms with van der Waals surface area (Å²) in [5.41, 5.74) is 0.734. The van der Waals surface area contributed by atoms with Crippen molar-refractivity contribution in [2.45, 2.75) is 6.92 Å². The van der Waals surface area contributed by atoms with E-state index in [4.69, 9.17) is 5.11 Å². The molecule has 2 aromatic rings. The number of amides is 1. The van der Waals surface area contributed by atoms with Gasteiger partial charge in [0.05, 0.1) is 16.8 Å². The highest BCUT2D eigenvalue weighted by atomic mass is 32.1. The van der Waals surface area contributed by atoms with E-state index in [2.05, 4.69) is 10.3 Å². The number of benzene rings is 1. The van der Waals surface area contributed by atoms with Crippen LogP contribution >= 0.6 is 11.3 Å². The molecule has 0 aliphatic carbocycles. The monoisotopic (exact) mass is 262 g/mol. The van der Waals surface area contributed by atoms with Gasteiger partial charge in [-0.2, -0.15) is 0 Å². The van der Waals surface area contributed by atoms with Gasteiger partial charge in [-0.15, -0.1) is 11.3 Å². The number of thiazole rings is 1. The Morgan fingerprint density at radius 3 is 2.44 bits per heavy atom. The molecule has 0 fully saturated rings. The molecule has 0 saturated heterocycles. The summed E-state index contributed by atoms with van der Waals surface area (Å²) in [6.07, 6.45) is 1.51. The van der Waals surface area contributed by atoms with Crippen LogP contribution in [0.25, 0.3) is 0 Å². The number of aryl methyl sites for hydroxylation is 1. The molecule has 2 N–H and O–H groups in total. The second-order valence-electron chi connectivity index (χ2n) is 3.58. The average molecular weight is 262 g/mol. The van der Waals surface area contributed by atoms with E-state index in [9.17, 15) is 9.59 Å². The molecule has 92 valence electrons. The molecule has 0 radical (unpaired) electrons. The Morgan fingerprint density at radius 2 is 1.94 bits per heavy atom. The Balaban J connectivity index is 2.10. The number of anilines is 1. The predicted octanol–water partition coefficient (Wildman–Crippen LogP) is 2.40. The number of aromatic carboxylic acids is 1. The van der Waals surface area contributed by atoms with Gasteiger partial charge < -0.3 is 10.4 Å². The number of carbonyl (C=O) groups is 2. The fourth-order valence-electron chi connectivity index (χ4n) is 1.36. The summed E-state index contributed by atoms with van der Waals surface area (Å²) in [7, 11) is 0. The molecule has 0 saturated carbocycles. The van der Waals surface area contributed by atoms with E-state index >= 15 is 0 Å². The Morgan fingerprint density at radius 1 is 1.28 bits per heavy atom. The van der Waals surface area contributed by atoms with Crippen LogP contribution in [0.3, 0.4) is 0 Å². The predicted molar refractivity (Wildman–Crippen MR) is 68.2 cm³/mol. The lowest BCUT2D eigenvalue weighted by Gasteiger charge is -2.03. The van der Waals surface area contributed by atoms with E-state index in [0.29, 0.717) is 10.6 Å². The third-order valence-electron chi connectivity index (χ3n) is 2.23. The summed E-state index contributed by atoms with van der Waals surface area (Å²) in [6, 6.07) is 5.98. The Labute approximate surface area is 107 Å². The second kappa shape index (κ2) is 4.97. The molecular formula is C12H10N2O3S. The van der Waals surface area contributed by atoms with Crippen molar-refractivity contribution >= 4 is 28.9 Å². The minimum absolute atomic E-state index is 0.182. The molecule has 1 heterocycles. The highest BCUT2D eigenvalue weighted by Gasteiger charge is 2.09. The highest BCUT2D eigenvalue weighted by molar-refractivity contribution is 7.13. The largest absolute Gasteiger partial charge is 0.478 e. The van der Waals surface area contributed by atoms with Crippen molar-refractivity contribution in [3.8, 4) is 0 Å². The Hall–Kier alpha value is -2.21. The van der Waals surface area contributed by atoms with E-state index in [1.807, 2.05) is 6.92 Å². The first-order valence-electron chi connectivity index (χ1n) is 5.13. The van der Waals surface area contributed by atoms with Crippen LogP contribution in [0.5, 0.6) is 0 Å². The maximum Gasteiger partial charge on any atom is 0.335 e. The van der Waals surface area contributed by atoms with Gasteiger partial charge in [-0.3, -0.25) is 4.79 Å². The minimum Gasteiger partial charge on any atom is -0.478 e. The van der Waals surface area contributed by atoms with Gasteiger partial charge in [0.1, 0.15) is 4.88 Å². The molecule has 0 bridgehead atoms. The zero-order valence-electron chi connectivity index (χ0n) is 9.51. The van der Waals surface area contributed by atoms with Gasteiger partial charge in [0, 0.05) is 5.69 Å². The van der Waals surface area contributed by atoms with Crippen molar-refractivity contribution in [1.29, 1.82) is 0 Å². The first-order chi connectivity index (χ1) is 8.56. The van der Waals surface area contributed by atoms with Crippen LogP contribution in [0, 0.1) is 6.92 Å². The first-order valence-corrected chi connectivity index (χ1v) is 5.95. The number of hydrogen-bond donors (Lipinski definition) is 2. The normalized spacial score (nSPS) is 10.1. The highest BCUT2D eigenvalue weighted by Crippen LogP contribution is 2.15. The maximum atomic E-state index is 11.8. The van der Waals surface area contributed by atoms with Gasteiger partial charge in [-0.05, 0) is 31.2 Å². The molecule has 5 nitrogen and oxygen atoms in total. The van der Waals surface area contributed by atoms with E-state index in [-0.39, 0.29) is 11.5 Å². The quantitative estimate of drug-likeness (QED) is 0.890. The fourth-order valence-corrected chi connectivity index (χ4v) is 2.03. The van der Waals surface area contributed by atoms with Gasteiger partial charge in [-0.25, -0.2) is 9.78 Å². The lowest BCUT2D eigenvalue weighted by molar-refractivity contribution is 0.0696. The molecule has 2 rings (SSSR count). The van der Waals surface area contributed by atoms with Crippen molar-refractivity contribution in [2.24, 2.45) is 0 Å². The van der Waals surface area contributed by atoms with Gasteiger partial charge in [-0.1, -0.05) is 0 Å². The topological polar surface area (TPSA) is 79.3 Å². The number of nitrogens with one attached hydrogen (secondary N) is 1. The minimum atomic E-state index is -0.994. The molecule has 0 unspecified atom stereocenters. The summed E-state index contributed by atoms with van der Waals surface area (Å²) >= 11 is 1.31. The molecule has 18 heavy (non-hydrogen) atoms. The van der Waals surface area contributed by atoms with Gasteiger partial charge in [0.15, 0.2) is 0 Å². The number of carboxylic acids is 1. The van der Waals surface area contributed by atoms with Crippen molar-refractivity contribution < 1.29 is 14.7 Å². The van der Waals surface area contributed by atoms with Gasteiger partial charge in [0.25, 0.3) is 5.91 Å². The molecule has 1 aromatic carbocycles. The standard InChI is InChI=1S/C12H10N2O3S/c1-7-13-6-10(18-7)11(15)14-9-4-2-8(3-5-9)12(16)17/h2-6H,1H3,(H,14,15)(H,16,17). The van der Waals surface area contributed by atoms with E-state index in [0.717, 1.165) is 5.01 Å². The van der Waals surface area contributed by atoms with Crippen LogP contribution in [0.1, 0.15) is 25.0 Å². The summed E-state index contributed by atoms with van der Waals surface area (Å²) in [4.78, 5) is 27.0. The maximum absolute atomic E-state index is 11.8. The zero-order valence-corrected chi connectivity index (χ0v) is 10.3. The molecule has 0 spiro atoms. The van der Waals surface area contributed by atoms with E-state index in [1.54, 1.807) is 12.1 Å². The smallest absolute Gasteiger partial charge is 0.335 e. The molecule has 6 heteroatoms. The number of rotatable bonds is 3. The summed E-state index contributed by atoms with van der Waals surface area (Å²) < 4.78 is 0. The van der Waals surface area contributed by atoms with Crippen LogP contribution in [0.2, 0.25) is 0 Å². The van der Waals surface area contributed by atoms with Crippen LogP contribution in [-0.2, 0) is 0 Å². The van der Waals surface area contributed by atoms with Gasteiger partial charge >= 0.3 is 5.97 Å². The molecule has 0 atom stereocenters. The molecule has 1 amide bonds. The number of aromatic nitrogens is 1. The van der Waals surface area contributed by atoms with E-state index in [1.165, 1.54) is 29.7 Å². The number of hydrogen-bond acceptors (Lipinski definition) is 4. The SMILES string of the molecule is Cc1ncc(C(=O)Nc2ccc(C(=O)O)cc2)s1. The van der Waals surface area contributed by atoms with Crippen molar-refractivity contribution in [3.05, 3.63) is 45.9 Å². The Kier molecular flexibility index (Phi) is 3.38. The molecular weight excluding hydrogens is 252 g/mol. The summed E-state index contributed by atoms with van der Waals surface area (Å²) in [6.45, 7) is 1.82. The summed E-state index contributed by atoms with van der Waals surface area (Å²) in [5.74, 6) is -1.24. The summed E-state index contributed by atoms with van der Waals surface area (Å²) in [5, 5.41) is 12.2. The third kappa shape index (κ3) is 2.72. The van der Waals surface area contributed by atoms with E-state index < -0.39 is 5.97 Å². The number of carboxylic acid groups (broad SMARTS) is 1. The first kappa shape index (κ1) is 12.3. The number of nitrogens with zero attached hydrogens (tertiary/aromatic N) is 1. The van der Waals surface area contributed by atoms with Gasteiger partial charge in [0.2, 0.25) is 0 Å². The second-order valence-corrected chi connectivity index (χ2v) is 4.81. The molecule has 0 aliphatic rings. The Bertz CT molecular complexity index is 590. The lowest BCUT2D eigenvalue weighted by atomic mass is 10.2. The van der Waals surface area contributed by atoms with Crippen molar-refractivity contribution in [3.63, 3.8) is 0 Å². The van der Waals surface area contributed by atoms with Crippen LogP contribution in [0.4, 0.5) is 5.69 Å². The zero-order chi connectivity index (χ0) is 13.1. The lowest BCUT2D eigenvalue weighted by Crippen LogP contribution is -2.10. The average Bonchev–Trinajstić information content (AvgIpc) is 2.76. The van der Waals surface area contributed by atoms with Crippen molar-refractivity contribution in [1.82, 2.24) is 4.98 Å². The van der Waals surface area contributed by atoms with Crippen LogP contribution in [-0.4, -0.2) is 22.0 Å². The van der Waals surface area contributed by atoms with Crippen LogP contribution in [0.15, 0.2) is 30.5 Å². The molecule has 1 aromatic heterocycles. The van der Waals surface area contributed by atoms with Crippen molar-refractivity contribution in [2.75, 3.05) is 5.32 Å². The molecule has 0 aliphatic heterocycles. The fraction of sp³-hybridized carbons (Fsp3) is 0.0833. The van der Waals surface area contributed by atoms with Crippen LogP contribution < -0.4 is 5.32 Å².